The SMILES string of the molecule is CCNC(=NCC(O)c1ccncc1)N1CCC(c2ccccc2)C1.I. The molecule has 0 saturated carbocycles. The Labute approximate surface area is 172 Å². The molecular weight excluding hydrogens is 439 g/mol. The zero-order chi connectivity index (χ0) is 17.5. The number of aliphatic hydroxyl groups is 1. The van der Waals surface area contributed by atoms with Gasteiger partial charge >= 0.3 is 0 Å². The van der Waals surface area contributed by atoms with E-state index in [1.165, 1.54) is 5.56 Å². The minimum Gasteiger partial charge on any atom is -0.386 e. The number of likely N-dealkylation sites (tertiary alicyclic amines) is 1. The molecule has 1 aromatic carbocycles. The fourth-order valence-electron chi connectivity index (χ4n) is 3.24. The smallest absolute Gasteiger partial charge is 0.194 e. The summed E-state index contributed by atoms with van der Waals surface area (Å²) in [7, 11) is 0. The van der Waals surface area contributed by atoms with Gasteiger partial charge in [0.1, 0.15) is 0 Å². The highest BCUT2D eigenvalue weighted by Gasteiger charge is 2.26. The molecule has 26 heavy (non-hydrogen) atoms. The van der Waals surface area contributed by atoms with E-state index in [9.17, 15) is 5.11 Å². The van der Waals surface area contributed by atoms with Crippen molar-refractivity contribution in [1.29, 1.82) is 0 Å². The summed E-state index contributed by atoms with van der Waals surface area (Å²) < 4.78 is 0. The van der Waals surface area contributed by atoms with Crippen molar-refractivity contribution in [3.63, 3.8) is 0 Å². The van der Waals surface area contributed by atoms with Crippen molar-refractivity contribution in [2.75, 3.05) is 26.2 Å². The van der Waals surface area contributed by atoms with E-state index < -0.39 is 6.10 Å². The quantitative estimate of drug-likeness (QED) is 0.404. The van der Waals surface area contributed by atoms with Gasteiger partial charge in [-0.25, -0.2) is 0 Å². The van der Waals surface area contributed by atoms with Crippen LogP contribution in [0.1, 0.15) is 36.5 Å². The van der Waals surface area contributed by atoms with Gasteiger partial charge in [-0.1, -0.05) is 30.3 Å². The molecule has 1 aliphatic heterocycles. The minimum absolute atomic E-state index is 0. The van der Waals surface area contributed by atoms with Crippen molar-refractivity contribution >= 4 is 29.9 Å². The van der Waals surface area contributed by atoms with Crippen LogP contribution >= 0.6 is 24.0 Å². The van der Waals surface area contributed by atoms with Gasteiger partial charge in [-0.3, -0.25) is 9.98 Å². The molecule has 2 aromatic rings. The molecule has 0 radical (unpaired) electrons. The van der Waals surface area contributed by atoms with E-state index in [0.29, 0.717) is 12.5 Å². The number of nitrogens with one attached hydrogen (secondary N) is 1. The van der Waals surface area contributed by atoms with Crippen LogP contribution in [0, 0.1) is 0 Å². The molecule has 5 nitrogen and oxygen atoms in total. The fraction of sp³-hybridized carbons (Fsp3) is 0.400. The predicted octanol–water partition coefficient (Wildman–Crippen LogP) is 3.19. The lowest BCUT2D eigenvalue weighted by Gasteiger charge is -2.22. The molecular formula is C20H27IN4O. The number of pyridine rings is 1. The Morgan fingerprint density at radius 3 is 2.69 bits per heavy atom. The van der Waals surface area contributed by atoms with Crippen molar-refractivity contribution in [1.82, 2.24) is 15.2 Å². The Morgan fingerprint density at radius 2 is 2.00 bits per heavy atom. The van der Waals surface area contributed by atoms with Gasteiger partial charge in [0.05, 0.1) is 12.6 Å². The lowest BCUT2D eigenvalue weighted by molar-refractivity contribution is 0.186. The van der Waals surface area contributed by atoms with Crippen LogP contribution in [0.3, 0.4) is 0 Å². The van der Waals surface area contributed by atoms with E-state index >= 15 is 0 Å². The summed E-state index contributed by atoms with van der Waals surface area (Å²) in [5, 5.41) is 13.7. The van der Waals surface area contributed by atoms with Gasteiger partial charge < -0.3 is 15.3 Å². The summed E-state index contributed by atoms with van der Waals surface area (Å²) in [6, 6.07) is 14.3. The van der Waals surface area contributed by atoms with E-state index in [0.717, 1.165) is 37.6 Å². The van der Waals surface area contributed by atoms with Crippen LogP contribution in [0.25, 0.3) is 0 Å². The number of hydrogen-bond donors (Lipinski definition) is 2. The van der Waals surface area contributed by atoms with Gasteiger partial charge in [-0.2, -0.15) is 0 Å². The number of aliphatic hydroxyl groups excluding tert-OH is 1. The molecule has 140 valence electrons. The molecule has 1 aromatic heterocycles. The summed E-state index contributed by atoms with van der Waals surface area (Å²) in [5.74, 6) is 1.42. The molecule has 2 atom stereocenters. The monoisotopic (exact) mass is 466 g/mol. The van der Waals surface area contributed by atoms with E-state index in [4.69, 9.17) is 0 Å². The summed E-state index contributed by atoms with van der Waals surface area (Å²) in [4.78, 5) is 10.9. The third-order valence-electron chi connectivity index (χ3n) is 4.60. The number of aliphatic imine (C=N–C) groups is 1. The Hall–Kier alpha value is -1.67. The maximum absolute atomic E-state index is 10.3. The topological polar surface area (TPSA) is 60.8 Å². The molecule has 2 N–H and O–H groups in total. The second-order valence-electron chi connectivity index (χ2n) is 6.33. The molecule has 1 saturated heterocycles. The van der Waals surface area contributed by atoms with Crippen LogP contribution in [-0.4, -0.2) is 47.1 Å². The highest BCUT2D eigenvalue weighted by Crippen LogP contribution is 2.27. The fourth-order valence-corrected chi connectivity index (χ4v) is 3.24. The van der Waals surface area contributed by atoms with Crippen molar-refractivity contribution in [3.05, 3.63) is 66.0 Å². The first kappa shape index (κ1) is 20.6. The number of nitrogens with zero attached hydrogens (tertiary/aromatic N) is 3. The average Bonchev–Trinajstić information content (AvgIpc) is 3.16. The summed E-state index contributed by atoms with van der Waals surface area (Å²) >= 11 is 0. The molecule has 2 unspecified atom stereocenters. The van der Waals surface area contributed by atoms with Crippen LogP contribution in [0.5, 0.6) is 0 Å². The first-order valence-electron chi connectivity index (χ1n) is 8.94. The molecule has 0 amide bonds. The average molecular weight is 466 g/mol. The van der Waals surface area contributed by atoms with Gasteiger partial charge in [0.2, 0.25) is 0 Å². The third kappa shape index (κ3) is 5.41. The number of hydrogen-bond acceptors (Lipinski definition) is 3. The van der Waals surface area contributed by atoms with Gasteiger partial charge in [-0.05, 0) is 36.6 Å². The van der Waals surface area contributed by atoms with E-state index in [-0.39, 0.29) is 24.0 Å². The van der Waals surface area contributed by atoms with E-state index in [1.807, 2.05) is 12.1 Å². The van der Waals surface area contributed by atoms with E-state index in [1.54, 1.807) is 12.4 Å². The number of guanidine groups is 1. The minimum atomic E-state index is -0.607. The Morgan fingerprint density at radius 1 is 1.27 bits per heavy atom. The Kier molecular flexibility index (Phi) is 8.31. The molecule has 2 heterocycles. The van der Waals surface area contributed by atoms with E-state index in [2.05, 4.69) is 57.4 Å². The summed E-state index contributed by atoms with van der Waals surface area (Å²) in [6.45, 7) is 5.17. The Bertz CT molecular complexity index is 681. The predicted molar refractivity (Wildman–Crippen MR) is 116 cm³/mol. The molecule has 1 aliphatic rings. The maximum atomic E-state index is 10.3. The van der Waals surface area contributed by atoms with Gasteiger partial charge in [-0.15, -0.1) is 24.0 Å². The molecule has 0 bridgehead atoms. The van der Waals surface area contributed by atoms with Crippen molar-refractivity contribution in [3.8, 4) is 0 Å². The van der Waals surface area contributed by atoms with Crippen molar-refractivity contribution < 1.29 is 5.11 Å². The van der Waals surface area contributed by atoms with Crippen LogP contribution in [0.15, 0.2) is 59.9 Å². The largest absolute Gasteiger partial charge is 0.386 e. The molecule has 3 rings (SSSR count). The first-order valence-corrected chi connectivity index (χ1v) is 8.94. The zero-order valence-corrected chi connectivity index (χ0v) is 17.4. The summed E-state index contributed by atoms with van der Waals surface area (Å²) in [5.41, 5.74) is 2.23. The summed E-state index contributed by atoms with van der Waals surface area (Å²) in [6.07, 6.45) is 3.90. The highest BCUT2D eigenvalue weighted by molar-refractivity contribution is 14.0. The third-order valence-corrected chi connectivity index (χ3v) is 4.60. The second-order valence-corrected chi connectivity index (χ2v) is 6.33. The number of halogens is 1. The normalized spacial score (nSPS) is 18.3. The van der Waals surface area contributed by atoms with Gasteiger partial charge in [0.25, 0.3) is 0 Å². The number of benzene rings is 1. The lowest BCUT2D eigenvalue weighted by Crippen LogP contribution is -2.40. The second kappa shape index (κ2) is 10.5. The van der Waals surface area contributed by atoms with Crippen LogP contribution in [0.4, 0.5) is 0 Å². The lowest BCUT2D eigenvalue weighted by atomic mass is 9.99. The highest BCUT2D eigenvalue weighted by atomic mass is 127. The Balaban J connectivity index is 0.00000243. The van der Waals surface area contributed by atoms with Crippen molar-refractivity contribution in [2.24, 2.45) is 4.99 Å². The molecule has 0 aliphatic carbocycles. The zero-order valence-electron chi connectivity index (χ0n) is 15.1. The van der Waals surface area contributed by atoms with Crippen molar-refractivity contribution in [2.45, 2.75) is 25.4 Å². The maximum Gasteiger partial charge on any atom is 0.194 e. The number of aromatic nitrogens is 1. The standard InChI is InChI=1S/C20H26N4O.HI/c1-2-22-20(23-14-19(25)17-8-11-21-12-9-17)24-13-10-18(15-24)16-6-4-3-5-7-16;/h3-9,11-12,18-19,25H,2,10,13-15H2,1H3,(H,22,23);1H. The molecule has 1 fully saturated rings. The first-order chi connectivity index (χ1) is 12.3. The van der Waals surface area contributed by atoms with Crippen LogP contribution in [0.2, 0.25) is 0 Å². The number of rotatable bonds is 5. The van der Waals surface area contributed by atoms with Crippen LogP contribution < -0.4 is 5.32 Å². The van der Waals surface area contributed by atoms with Gasteiger partial charge in [0, 0.05) is 37.9 Å². The van der Waals surface area contributed by atoms with Gasteiger partial charge in [0.15, 0.2) is 5.96 Å². The molecule has 0 spiro atoms. The van der Waals surface area contributed by atoms with Crippen LogP contribution in [-0.2, 0) is 0 Å². The molecule has 6 heteroatoms.